The molecule has 0 radical (unpaired) electrons. The van der Waals surface area contributed by atoms with Crippen LogP contribution in [0.15, 0.2) is 4.99 Å². The van der Waals surface area contributed by atoms with Gasteiger partial charge in [-0.15, -0.1) is 0 Å². The van der Waals surface area contributed by atoms with Gasteiger partial charge in [-0.1, -0.05) is 6.92 Å². The van der Waals surface area contributed by atoms with Gasteiger partial charge in [0.2, 0.25) is 6.08 Å². The van der Waals surface area contributed by atoms with Gasteiger partial charge in [-0.05, 0) is 24.7 Å². The number of hydrogen-bond donors (Lipinski definition) is 0. The summed E-state index contributed by atoms with van der Waals surface area (Å²) in [5, 5.41) is 0. The Morgan fingerprint density at radius 3 is 2.67 bits per heavy atom. The fraction of sp³-hybridized carbons (Fsp3) is 0.857. The summed E-state index contributed by atoms with van der Waals surface area (Å²) in [7, 11) is 0. The average Bonchev–Trinajstić information content (AvgIpc) is 2.65. The number of carbonyl (C=O) groups excluding carboxylic acids is 1. The first-order valence-electron chi connectivity index (χ1n) is 3.37. The van der Waals surface area contributed by atoms with Gasteiger partial charge in [0.25, 0.3) is 0 Å². The quantitative estimate of drug-likeness (QED) is 0.415. The van der Waals surface area contributed by atoms with Gasteiger partial charge >= 0.3 is 0 Å². The van der Waals surface area contributed by atoms with Gasteiger partial charge in [0.15, 0.2) is 0 Å². The van der Waals surface area contributed by atoms with Crippen molar-refractivity contribution in [2.75, 3.05) is 6.54 Å². The number of nitrogens with zero attached hydrogens (tertiary/aromatic N) is 1. The molecule has 0 amide bonds. The molecule has 1 rings (SSSR count). The summed E-state index contributed by atoms with van der Waals surface area (Å²) in [6.45, 7) is 2.85. The number of rotatable bonds is 3. The Balaban J connectivity index is 2.33. The first-order valence-corrected chi connectivity index (χ1v) is 3.37. The average molecular weight is 125 g/mol. The maximum Gasteiger partial charge on any atom is 0.234 e. The Labute approximate surface area is 55.0 Å². The number of hydrogen-bond acceptors (Lipinski definition) is 2. The zero-order valence-corrected chi connectivity index (χ0v) is 5.68. The molecule has 0 aromatic rings. The highest BCUT2D eigenvalue weighted by Crippen LogP contribution is 2.48. The zero-order valence-electron chi connectivity index (χ0n) is 5.68. The first kappa shape index (κ1) is 6.50. The SMILES string of the molecule is CCC1(CN=C=O)CC1. The van der Waals surface area contributed by atoms with Crippen LogP contribution >= 0.6 is 0 Å². The normalized spacial score (nSPS) is 20.6. The topological polar surface area (TPSA) is 29.4 Å². The summed E-state index contributed by atoms with van der Waals surface area (Å²) in [6, 6.07) is 0. The van der Waals surface area contributed by atoms with Crippen molar-refractivity contribution in [2.45, 2.75) is 26.2 Å². The Hall–Kier alpha value is -0.620. The standard InChI is InChI=1S/C7H11NO/c1-2-7(3-4-7)5-8-6-9/h2-5H2,1H3. The fourth-order valence-electron chi connectivity index (χ4n) is 1.00. The minimum absolute atomic E-state index is 0.414. The molecule has 0 saturated heterocycles. The number of aliphatic imine (C=N–C) groups is 1. The van der Waals surface area contributed by atoms with Crippen LogP contribution < -0.4 is 0 Å². The largest absolute Gasteiger partial charge is 0.234 e. The molecule has 9 heavy (non-hydrogen) atoms. The van der Waals surface area contributed by atoms with E-state index in [1.54, 1.807) is 6.08 Å². The summed E-state index contributed by atoms with van der Waals surface area (Å²) in [5.74, 6) is 0. The van der Waals surface area contributed by atoms with E-state index in [2.05, 4.69) is 11.9 Å². The van der Waals surface area contributed by atoms with Gasteiger partial charge in [0.1, 0.15) is 0 Å². The van der Waals surface area contributed by atoms with E-state index in [0.717, 1.165) is 6.42 Å². The molecule has 2 nitrogen and oxygen atoms in total. The van der Waals surface area contributed by atoms with Crippen LogP contribution in [0.1, 0.15) is 26.2 Å². The molecule has 0 unspecified atom stereocenters. The lowest BCUT2D eigenvalue weighted by Gasteiger charge is -2.04. The molecule has 0 bridgehead atoms. The van der Waals surface area contributed by atoms with E-state index in [9.17, 15) is 4.79 Å². The molecule has 50 valence electrons. The molecular weight excluding hydrogens is 114 g/mol. The molecule has 0 atom stereocenters. The molecule has 1 aliphatic carbocycles. The monoisotopic (exact) mass is 125 g/mol. The highest BCUT2D eigenvalue weighted by atomic mass is 16.1. The molecule has 2 heteroatoms. The Morgan fingerprint density at radius 1 is 1.67 bits per heavy atom. The lowest BCUT2D eigenvalue weighted by molar-refractivity contribution is 0.499. The minimum Gasteiger partial charge on any atom is -0.211 e. The van der Waals surface area contributed by atoms with Crippen molar-refractivity contribution in [3.8, 4) is 0 Å². The molecule has 1 saturated carbocycles. The molecule has 0 heterocycles. The van der Waals surface area contributed by atoms with Crippen LogP contribution in [0.3, 0.4) is 0 Å². The van der Waals surface area contributed by atoms with Crippen LogP contribution in [-0.2, 0) is 4.79 Å². The van der Waals surface area contributed by atoms with E-state index < -0.39 is 0 Å². The van der Waals surface area contributed by atoms with Crippen LogP contribution in [0, 0.1) is 5.41 Å². The smallest absolute Gasteiger partial charge is 0.211 e. The number of isocyanates is 1. The summed E-state index contributed by atoms with van der Waals surface area (Å²) in [6.07, 6.45) is 5.21. The molecular formula is C7H11NO. The van der Waals surface area contributed by atoms with Gasteiger partial charge in [0, 0.05) is 0 Å². The van der Waals surface area contributed by atoms with Crippen molar-refractivity contribution in [3.63, 3.8) is 0 Å². The lowest BCUT2D eigenvalue weighted by Crippen LogP contribution is -2.01. The van der Waals surface area contributed by atoms with Crippen LogP contribution in [0.5, 0.6) is 0 Å². The van der Waals surface area contributed by atoms with Crippen molar-refractivity contribution in [2.24, 2.45) is 10.4 Å². The van der Waals surface area contributed by atoms with Gasteiger partial charge in [-0.3, -0.25) is 0 Å². The van der Waals surface area contributed by atoms with E-state index in [-0.39, 0.29) is 0 Å². The van der Waals surface area contributed by atoms with Crippen molar-refractivity contribution < 1.29 is 4.79 Å². The molecule has 0 N–H and O–H groups in total. The molecule has 0 aromatic heterocycles. The van der Waals surface area contributed by atoms with E-state index in [1.807, 2.05) is 0 Å². The zero-order chi connectivity index (χ0) is 6.74. The Kier molecular flexibility index (Phi) is 1.68. The summed E-state index contributed by atoms with van der Waals surface area (Å²) >= 11 is 0. The second kappa shape index (κ2) is 2.32. The Morgan fingerprint density at radius 2 is 2.33 bits per heavy atom. The highest BCUT2D eigenvalue weighted by Gasteiger charge is 2.40. The van der Waals surface area contributed by atoms with Gasteiger partial charge in [0.05, 0.1) is 6.54 Å². The molecule has 0 aliphatic heterocycles. The van der Waals surface area contributed by atoms with Crippen LogP contribution in [0.2, 0.25) is 0 Å². The first-order chi connectivity index (χ1) is 4.33. The van der Waals surface area contributed by atoms with Crippen LogP contribution in [0.4, 0.5) is 0 Å². The molecule has 1 fully saturated rings. The molecule has 1 aliphatic rings. The van der Waals surface area contributed by atoms with E-state index in [4.69, 9.17) is 0 Å². The predicted octanol–water partition coefficient (Wildman–Crippen LogP) is 1.51. The van der Waals surface area contributed by atoms with E-state index in [1.165, 1.54) is 12.8 Å². The second-order valence-electron chi connectivity index (χ2n) is 2.76. The van der Waals surface area contributed by atoms with Crippen LogP contribution in [-0.4, -0.2) is 12.6 Å². The van der Waals surface area contributed by atoms with Gasteiger partial charge in [-0.25, -0.2) is 9.79 Å². The Bertz CT molecular complexity index is 143. The third kappa shape index (κ3) is 1.39. The van der Waals surface area contributed by atoms with Gasteiger partial charge < -0.3 is 0 Å². The maximum atomic E-state index is 9.70. The molecule has 0 aromatic carbocycles. The summed E-state index contributed by atoms with van der Waals surface area (Å²) < 4.78 is 0. The van der Waals surface area contributed by atoms with E-state index in [0.29, 0.717) is 12.0 Å². The highest BCUT2D eigenvalue weighted by molar-refractivity contribution is 5.33. The third-order valence-electron chi connectivity index (χ3n) is 2.19. The van der Waals surface area contributed by atoms with E-state index >= 15 is 0 Å². The molecule has 0 spiro atoms. The van der Waals surface area contributed by atoms with Gasteiger partial charge in [-0.2, -0.15) is 0 Å². The minimum atomic E-state index is 0.414. The summed E-state index contributed by atoms with van der Waals surface area (Å²) in [4.78, 5) is 13.3. The lowest BCUT2D eigenvalue weighted by atomic mass is 10.1. The maximum absolute atomic E-state index is 9.70. The van der Waals surface area contributed by atoms with Crippen molar-refractivity contribution in [1.29, 1.82) is 0 Å². The van der Waals surface area contributed by atoms with Crippen molar-refractivity contribution in [1.82, 2.24) is 0 Å². The summed E-state index contributed by atoms with van der Waals surface area (Å²) in [5.41, 5.74) is 0.414. The van der Waals surface area contributed by atoms with Crippen LogP contribution in [0.25, 0.3) is 0 Å². The van der Waals surface area contributed by atoms with Crippen molar-refractivity contribution in [3.05, 3.63) is 0 Å². The fourth-order valence-corrected chi connectivity index (χ4v) is 1.00. The van der Waals surface area contributed by atoms with Crippen molar-refractivity contribution >= 4 is 6.08 Å². The predicted molar refractivity (Wildman–Crippen MR) is 34.9 cm³/mol. The third-order valence-corrected chi connectivity index (χ3v) is 2.19. The second-order valence-corrected chi connectivity index (χ2v) is 2.76.